The zero-order valence-electron chi connectivity index (χ0n) is 18.1. The molecule has 0 saturated carbocycles. The van der Waals surface area contributed by atoms with Crippen LogP contribution < -0.4 is 15.2 Å². The van der Waals surface area contributed by atoms with Gasteiger partial charge in [-0.05, 0) is 56.0 Å². The Morgan fingerprint density at radius 1 is 1.21 bits per heavy atom. The summed E-state index contributed by atoms with van der Waals surface area (Å²) in [6.07, 6.45) is -2.61. The van der Waals surface area contributed by atoms with E-state index in [0.29, 0.717) is 16.5 Å². The van der Waals surface area contributed by atoms with E-state index in [1.54, 1.807) is 6.26 Å². The zero-order valence-corrected chi connectivity index (χ0v) is 19.8. The van der Waals surface area contributed by atoms with Crippen LogP contribution in [-0.2, 0) is 25.2 Å². The monoisotopic (exact) mass is 516 g/mol. The Labute approximate surface area is 196 Å². The minimum Gasteiger partial charge on any atom is -0.436 e. The second-order valence-corrected chi connectivity index (χ2v) is 11.7. The number of carbonyl (C=O) groups is 1. The lowest BCUT2D eigenvalue weighted by Gasteiger charge is -2.17. The Morgan fingerprint density at radius 3 is 2.53 bits per heavy atom. The fourth-order valence-electron chi connectivity index (χ4n) is 2.99. The predicted molar refractivity (Wildman–Crippen MR) is 123 cm³/mol. The first-order valence-corrected chi connectivity index (χ1v) is 13.1. The van der Waals surface area contributed by atoms with Gasteiger partial charge in [-0.15, -0.1) is 10.3 Å². The Balaban J connectivity index is 2.08. The highest BCUT2D eigenvalue weighted by Gasteiger charge is 2.36. The maximum absolute atomic E-state index is 13.5. The molecule has 34 heavy (non-hydrogen) atoms. The summed E-state index contributed by atoms with van der Waals surface area (Å²) in [5, 5.41) is 8.27. The molecule has 0 unspecified atom stereocenters. The number of rotatable bonds is 5. The molecule has 2 aromatic heterocycles. The van der Waals surface area contributed by atoms with E-state index in [4.69, 9.17) is 9.88 Å². The molecule has 13 heteroatoms. The average molecular weight is 517 g/mol. The molecule has 3 aromatic rings. The fourth-order valence-corrected chi connectivity index (χ4v) is 4.75. The number of halogens is 4. The molecule has 7 nitrogen and oxygen atoms in total. The highest BCUT2D eigenvalue weighted by molar-refractivity contribution is 8.38. The second kappa shape index (κ2) is 9.68. The van der Waals surface area contributed by atoms with Gasteiger partial charge in [0.25, 0.3) is 5.91 Å². The molecule has 2 heterocycles. The van der Waals surface area contributed by atoms with Crippen LogP contribution in [0.1, 0.15) is 27.2 Å². The number of nitrogens with zero attached hydrogens (tertiary/aromatic N) is 2. The summed E-state index contributed by atoms with van der Waals surface area (Å²) in [6, 6.07) is 8.09. The molecule has 0 radical (unpaired) electrons. The van der Waals surface area contributed by atoms with Gasteiger partial charge in [-0.2, -0.15) is 17.6 Å². The van der Waals surface area contributed by atoms with Gasteiger partial charge in [0, 0.05) is 11.9 Å². The molecule has 3 N–H and O–H groups in total. The van der Waals surface area contributed by atoms with E-state index in [2.05, 4.69) is 15.3 Å². The van der Waals surface area contributed by atoms with E-state index < -0.39 is 49.3 Å². The highest BCUT2D eigenvalue weighted by atomic mass is 32.9. The van der Waals surface area contributed by atoms with Crippen LogP contribution in [0.4, 0.5) is 23.2 Å². The normalized spacial score (nSPS) is 13.3. The van der Waals surface area contributed by atoms with Crippen molar-refractivity contribution in [3.05, 3.63) is 70.9 Å². The molecule has 0 aliphatic rings. The standard InChI is InChI=1S/C21H20F4N4O3S2/c1-11-15(21(23,24)25)10-27-20(32-16-7-8-17(22)28-12(16)2)18(11)19(30)29-13-5-4-6-14(9-13)34(26,31)33-3/h4-10,33H,1-3H3,(H2,26,31)(H,29,30)/t34-/m1/s1. The van der Waals surface area contributed by atoms with Crippen molar-refractivity contribution in [2.45, 2.75) is 24.9 Å². The topological polar surface area (TPSA) is 107 Å². The molecule has 1 atom stereocenters. The van der Waals surface area contributed by atoms with Gasteiger partial charge >= 0.3 is 6.18 Å². The zero-order chi connectivity index (χ0) is 25.3. The number of pyridine rings is 2. The number of nitrogens with two attached hydrogens (primary N) is 1. The fraction of sp³-hybridized carbons (Fsp3) is 0.190. The van der Waals surface area contributed by atoms with Crippen LogP contribution in [0.5, 0.6) is 11.6 Å². The van der Waals surface area contributed by atoms with Crippen molar-refractivity contribution in [3.8, 4) is 11.6 Å². The van der Waals surface area contributed by atoms with Crippen molar-refractivity contribution in [2.75, 3.05) is 11.6 Å². The van der Waals surface area contributed by atoms with Crippen LogP contribution in [0, 0.1) is 19.8 Å². The number of aromatic nitrogens is 2. The smallest absolute Gasteiger partial charge is 0.418 e. The Kier molecular flexibility index (Phi) is 7.29. The molecule has 3 rings (SSSR count). The number of alkyl halides is 3. The summed E-state index contributed by atoms with van der Waals surface area (Å²) in [5.74, 6) is -2.14. The van der Waals surface area contributed by atoms with Crippen molar-refractivity contribution in [3.63, 3.8) is 0 Å². The van der Waals surface area contributed by atoms with Crippen LogP contribution >= 0.6 is 0 Å². The molecule has 182 valence electrons. The van der Waals surface area contributed by atoms with E-state index in [-0.39, 0.29) is 22.0 Å². The number of hydrogen-bond acceptors (Lipinski definition) is 5. The van der Waals surface area contributed by atoms with Crippen molar-refractivity contribution in [1.29, 1.82) is 0 Å². The molecule has 0 saturated heterocycles. The van der Waals surface area contributed by atoms with E-state index in [1.165, 1.54) is 37.3 Å². The molecule has 0 bridgehead atoms. The van der Waals surface area contributed by atoms with Crippen LogP contribution in [0.3, 0.4) is 0 Å². The first-order valence-electron chi connectivity index (χ1n) is 9.55. The van der Waals surface area contributed by atoms with Crippen LogP contribution in [0.25, 0.3) is 0 Å². The molecule has 1 amide bonds. The van der Waals surface area contributed by atoms with Gasteiger partial charge < -0.3 is 10.1 Å². The van der Waals surface area contributed by atoms with Crippen molar-refractivity contribution in [2.24, 2.45) is 5.14 Å². The number of anilines is 1. The maximum atomic E-state index is 13.5. The van der Waals surface area contributed by atoms with E-state index in [1.807, 2.05) is 0 Å². The number of nitrogens with one attached hydrogen (secondary N) is 1. The minimum absolute atomic E-state index is 0.00827. The highest BCUT2D eigenvalue weighted by Crippen LogP contribution is 2.37. The summed E-state index contributed by atoms with van der Waals surface area (Å²) < 4.78 is 71.8. The Morgan fingerprint density at radius 2 is 1.91 bits per heavy atom. The van der Waals surface area contributed by atoms with E-state index in [9.17, 15) is 26.6 Å². The molecule has 0 aliphatic heterocycles. The minimum atomic E-state index is -4.77. The van der Waals surface area contributed by atoms with Crippen LogP contribution in [-0.4, -0.2) is 26.3 Å². The van der Waals surface area contributed by atoms with E-state index >= 15 is 0 Å². The molecular weight excluding hydrogens is 496 g/mol. The summed E-state index contributed by atoms with van der Waals surface area (Å²) in [5.41, 5.74) is -1.76. The summed E-state index contributed by atoms with van der Waals surface area (Å²) >= 11 is 0. The molecule has 0 fully saturated rings. The van der Waals surface area contributed by atoms with Gasteiger partial charge in [-0.25, -0.2) is 14.2 Å². The summed E-state index contributed by atoms with van der Waals surface area (Å²) in [4.78, 5) is 20.7. The third-order valence-corrected chi connectivity index (χ3v) is 8.48. The average Bonchev–Trinajstić information content (AvgIpc) is 2.75. The van der Waals surface area contributed by atoms with Gasteiger partial charge in [-0.1, -0.05) is 6.07 Å². The first kappa shape index (κ1) is 25.6. The molecule has 0 spiro atoms. The van der Waals surface area contributed by atoms with Crippen LogP contribution in [0.2, 0.25) is 0 Å². The molecule has 0 aliphatic carbocycles. The quantitative estimate of drug-likeness (QED) is 0.268. The van der Waals surface area contributed by atoms with E-state index in [0.717, 1.165) is 13.0 Å². The van der Waals surface area contributed by atoms with Crippen LogP contribution in [0.15, 0.2) is 47.5 Å². The lowest BCUT2D eigenvalue weighted by Crippen LogP contribution is -2.19. The Hall–Kier alpha value is -3.03. The van der Waals surface area contributed by atoms with Gasteiger partial charge in [0.05, 0.1) is 24.8 Å². The number of benzene rings is 1. The third-order valence-electron chi connectivity index (χ3n) is 4.75. The largest absolute Gasteiger partial charge is 0.436 e. The first-order chi connectivity index (χ1) is 15.8. The van der Waals surface area contributed by atoms with Gasteiger partial charge in [0.1, 0.15) is 5.56 Å². The molecular formula is C21H20F4N4O3S2. The van der Waals surface area contributed by atoms with Crippen molar-refractivity contribution < 1.29 is 31.3 Å². The van der Waals surface area contributed by atoms with Gasteiger partial charge in [0.2, 0.25) is 11.8 Å². The maximum Gasteiger partial charge on any atom is 0.418 e. The Bertz CT molecular complexity index is 1390. The summed E-state index contributed by atoms with van der Waals surface area (Å²) in [7, 11) is -2.45. The summed E-state index contributed by atoms with van der Waals surface area (Å²) in [6.45, 7) is 2.54. The van der Waals surface area contributed by atoms with Gasteiger partial charge in [0.15, 0.2) is 5.75 Å². The van der Waals surface area contributed by atoms with Crippen molar-refractivity contribution >= 4 is 30.6 Å². The number of aryl methyl sites for hydroxylation is 1. The third kappa shape index (κ3) is 5.54. The lowest BCUT2D eigenvalue weighted by atomic mass is 10.0. The van der Waals surface area contributed by atoms with Crippen molar-refractivity contribution in [1.82, 2.24) is 9.97 Å². The lowest BCUT2D eigenvalue weighted by molar-refractivity contribution is -0.138. The molecule has 1 aromatic carbocycles. The second-order valence-electron chi connectivity index (χ2n) is 7.03. The number of thiol groups is 1. The number of hydrogen-bond donors (Lipinski definition) is 3. The van der Waals surface area contributed by atoms with Gasteiger partial charge in [-0.3, -0.25) is 9.93 Å². The number of ether oxygens (including phenoxy) is 1. The SMILES string of the molecule is C[SH]=[S@](N)(=O)c1cccc(NC(=O)c2c(Oc3ccc(F)nc3C)ncc(C(F)(F)F)c2C)c1. The predicted octanol–water partition coefficient (Wildman–Crippen LogP) is 4.17. The number of carbonyl (C=O) groups excluding carboxylic acids is 1. The number of amides is 1.